The Hall–Kier alpha value is -3.28. The average molecular weight is 380 g/mol. The van der Waals surface area contributed by atoms with Gasteiger partial charge in [0.25, 0.3) is 5.91 Å². The highest BCUT2D eigenvalue weighted by Gasteiger charge is 2.18. The molecular weight excluding hydrogens is 356 g/mol. The lowest BCUT2D eigenvalue weighted by molar-refractivity contribution is -0.118. The zero-order valence-corrected chi connectivity index (χ0v) is 16.5. The van der Waals surface area contributed by atoms with Crippen molar-refractivity contribution >= 4 is 22.5 Å². The number of aromatic nitrogens is 1. The smallest absolute Gasteiger partial charge is 0.262 e. The molecule has 0 aliphatic rings. The molecule has 0 aliphatic heterocycles. The van der Waals surface area contributed by atoms with Gasteiger partial charge >= 0.3 is 0 Å². The highest BCUT2D eigenvalue weighted by molar-refractivity contribution is 5.95. The first-order valence-electron chi connectivity index (χ1n) is 9.01. The molecule has 0 unspecified atom stereocenters. The SMILES string of the molecule is COc1ccccc1OCC(=O)Nc1ccc2c(C(C)(C)C)cc(=O)[nH]c2c1. The van der Waals surface area contributed by atoms with Crippen LogP contribution in [0.2, 0.25) is 0 Å². The Labute approximate surface area is 163 Å². The van der Waals surface area contributed by atoms with E-state index in [1.165, 1.54) is 0 Å². The fourth-order valence-corrected chi connectivity index (χ4v) is 3.04. The molecule has 0 bridgehead atoms. The number of para-hydroxylation sites is 2. The number of benzene rings is 2. The summed E-state index contributed by atoms with van der Waals surface area (Å²) in [6, 6.07) is 14.2. The molecule has 1 aromatic heterocycles. The van der Waals surface area contributed by atoms with Crippen LogP contribution in [0.3, 0.4) is 0 Å². The van der Waals surface area contributed by atoms with E-state index in [0.717, 1.165) is 10.9 Å². The molecule has 1 heterocycles. The molecule has 28 heavy (non-hydrogen) atoms. The number of ether oxygens (including phenoxy) is 2. The second kappa shape index (κ2) is 7.76. The number of carbonyl (C=O) groups excluding carboxylic acids is 1. The van der Waals surface area contributed by atoms with E-state index in [-0.39, 0.29) is 23.5 Å². The predicted molar refractivity (Wildman–Crippen MR) is 110 cm³/mol. The third kappa shape index (κ3) is 4.34. The molecule has 3 aromatic rings. The van der Waals surface area contributed by atoms with Crippen molar-refractivity contribution in [2.24, 2.45) is 0 Å². The van der Waals surface area contributed by atoms with E-state index < -0.39 is 0 Å². The Morgan fingerprint density at radius 3 is 2.46 bits per heavy atom. The average Bonchev–Trinajstić information content (AvgIpc) is 2.65. The van der Waals surface area contributed by atoms with Crippen molar-refractivity contribution in [2.75, 3.05) is 19.0 Å². The van der Waals surface area contributed by atoms with Gasteiger partial charge in [-0.2, -0.15) is 0 Å². The summed E-state index contributed by atoms with van der Waals surface area (Å²) >= 11 is 0. The predicted octanol–water partition coefficient (Wildman–Crippen LogP) is 3.85. The monoisotopic (exact) mass is 380 g/mol. The molecule has 0 atom stereocenters. The van der Waals surface area contributed by atoms with Crippen LogP contribution >= 0.6 is 0 Å². The van der Waals surface area contributed by atoms with Crippen LogP contribution in [0.5, 0.6) is 11.5 Å². The molecule has 146 valence electrons. The Kier molecular flexibility index (Phi) is 5.40. The number of amides is 1. The van der Waals surface area contributed by atoms with Crippen LogP contribution in [0.4, 0.5) is 5.69 Å². The molecule has 0 saturated heterocycles. The second-order valence-electron chi connectivity index (χ2n) is 7.55. The zero-order valence-electron chi connectivity index (χ0n) is 16.5. The summed E-state index contributed by atoms with van der Waals surface area (Å²) < 4.78 is 10.7. The molecule has 0 fully saturated rings. The van der Waals surface area contributed by atoms with Crippen molar-refractivity contribution in [3.8, 4) is 11.5 Å². The van der Waals surface area contributed by atoms with Crippen LogP contribution in [0.15, 0.2) is 53.3 Å². The minimum absolute atomic E-state index is 0.156. The summed E-state index contributed by atoms with van der Waals surface area (Å²) in [6.45, 7) is 6.03. The highest BCUT2D eigenvalue weighted by atomic mass is 16.5. The fourth-order valence-electron chi connectivity index (χ4n) is 3.04. The van der Waals surface area contributed by atoms with Gasteiger partial charge in [-0.25, -0.2) is 0 Å². The quantitative estimate of drug-likeness (QED) is 0.704. The molecule has 0 aliphatic carbocycles. The summed E-state index contributed by atoms with van der Waals surface area (Å²) in [7, 11) is 1.55. The van der Waals surface area contributed by atoms with Crippen LogP contribution in [0.1, 0.15) is 26.3 Å². The maximum Gasteiger partial charge on any atom is 0.262 e. The van der Waals surface area contributed by atoms with Crippen LogP contribution in [0.25, 0.3) is 10.9 Å². The topological polar surface area (TPSA) is 80.4 Å². The summed E-state index contributed by atoms with van der Waals surface area (Å²) in [5.74, 6) is 0.755. The Morgan fingerprint density at radius 2 is 1.79 bits per heavy atom. The lowest BCUT2D eigenvalue weighted by Gasteiger charge is -2.21. The van der Waals surface area contributed by atoms with Gasteiger partial charge in [-0.15, -0.1) is 0 Å². The first-order valence-corrected chi connectivity index (χ1v) is 9.01. The van der Waals surface area contributed by atoms with E-state index in [4.69, 9.17) is 9.47 Å². The number of methoxy groups -OCH3 is 1. The van der Waals surface area contributed by atoms with Gasteiger partial charge in [0.2, 0.25) is 5.56 Å². The largest absolute Gasteiger partial charge is 0.493 e. The number of anilines is 1. The number of hydrogen-bond acceptors (Lipinski definition) is 4. The van der Waals surface area contributed by atoms with Gasteiger partial charge in [0, 0.05) is 17.1 Å². The highest BCUT2D eigenvalue weighted by Crippen LogP contribution is 2.29. The summed E-state index contributed by atoms with van der Waals surface area (Å²) in [6.07, 6.45) is 0. The van der Waals surface area contributed by atoms with Crippen LogP contribution in [-0.2, 0) is 10.2 Å². The lowest BCUT2D eigenvalue weighted by atomic mass is 9.85. The minimum Gasteiger partial charge on any atom is -0.493 e. The van der Waals surface area contributed by atoms with Gasteiger partial charge in [-0.1, -0.05) is 39.0 Å². The molecule has 0 spiro atoms. The number of carbonyl (C=O) groups is 1. The number of rotatable bonds is 5. The third-order valence-electron chi connectivity index (χ3n) is 4.36. The van der Waals surface area contributed by atoms with E-state index in [2.05, 4.69) is 31.1 Å². The molecule has 0 radical (unpaired) electrons. The van der Waals surface area contributed by atoms with Crippen LogP contribution in [0, 0.1) is 0 Å². The fraction of sp³-hybridized carbons (Fsp3) is 0.273. The number of aromatic amines is 1. The Bertz CT molecular complexity index is 1060. The normalized spacial score (nSPS) is 11.3. The molecular formula is C22H24N2O4. The van der Waals surface area contributed by atoms with Gasteiger partial charge in [-0.3, -0.25) is 9.59 Å². The van der Waals surface area contributed by atoms with E-state index in [9.17, 15) is 9.59 Å². The van der Waals surface area contributed by atoms with E-state index in [0.29, 0.717) is 22.7 Å². The number of nitrogens with one attached hydrogen (secondary N) is 2. The number of H-pyrrole nitrogens is 1. The summed E-state index contributed by atoms with van der Waals surface area (Å²) in [4.78, 5) is 27.1. The number of hydrogen-bond donors (Lipinski definition) is 2. The van der Waals surface area contributed by atoms with Crippen molar-refractivity contribution in [1.82, 2.24) is 4.98 Å². The molecule has 3 rings (SSSR count). The molecule has 2 aromatic carbocycles. The minimum atomic E-state index is -0.306. The van der Waals surface area contributed by atoms with Crippen molar-refractivity contribution in [2.45, 2.75) is 26.2 Å². The number of fused-ring (bicyclic) bond motifs is 1. The van der Waals surface area contributed by atoms with Crippen LogP contribution < -0.4 is 20.3 Å². The summed E-state index contributed by atoms with van der Waals surface area (Å²) in [5, 5.41) is 3.75. The van der Waals surface area contributed by atoms with Gasteiger partial charge in [0.05, 0.1) is 12.6 Å². The number of pyridine rings is 1. The molecule has 2 N–H and O–H groups in total. The Balaban J connectivity index is 1.77. The lowest BCUT2D eigenvalue weighted by Crippen LogP contribution is -2.20. The van der Waals surface area contributed by atoms with Crippen molar-refractivity contribution in [1.29, 1.82) is 0 Å². The standard InChI is InChI=1S/C22H24N2O4/c1-22(2,3)16-12-20(25)24-17-11-14(9-10-15(16)17)23-21(26)13-28-19-8-6-5-7-18(19)27-4/h5-12H,13H2,1-4H3,(H,23,26)(H,24,25). The van der Waals surface area contributed by atoms with E-state index >= 15 is 0 Å². The maximum absolute atomic E-state index is 12.3. The third-order valence-corrected chi connectivity index (χ3v) is 4.36. The van der Waals surface area contributed by atoms with Crippen molar-refractivity contribution < 1.29 is 14.3 Å². The van der Waals surface area contributed by atoms with Gasteiger partial charge in [0.1, 0.15) is 0 Å². The van der Waals surface area contributed by atoms with Gasteiger partial charge < -0.3 is 19.8 Å². The van der Waals surface area contributed by atoms with Gasteiger partial charge in [-0.05, 0) is 35.2 Å². The zero-order chi connectivity index (χ0) is 20.3. The molecule has 6 nitrogen and oxygen atoms in total. The molecule has 1 amide bonds. The summed E-state index contributed by atoms with van der Waals surface area (Å²) in [5.41, 5.74) is 1.90. The van der Waals surface area contributed by atoms with Crippen molar-refractivity contribution in [3.63, 3.8) is 0 Å². The van der Waals surface area contributed by atoms with E-state index in [1.807, 2.05) is 24.3 Å². The van der Waals surface area contributed by atoms with Crippen LogP contribution in [-0.4, -0.2) is 24.6 Å². The maximum atomic E-state index is 12.3. The second-order valence-corrected chi connectivity index (χ2v) is 7.55. The van der Waals surface area contributed by atoms with Gasteiger partial charge in [0.15, 0.2) is 18.1 Å². The first-order chi connectivity index (χ1) is 13.3. The Morgan fingerprint density at radius 1 is 1.07 bits per heavy atom. The van der Waals surface area contributed by atoms with E-state index in [1.54, 1.807) is 31.4 Å². The molecule has 6 heteroatoms. The first kappa shape index (κ1) is 19.5. The molecule has 0 saturated carbocycles. The van der Waals surface area contributed by atoms with Crippen molar-refractivity contribution in [3.05, 3.63) is 64.4 Å².